The van der Waals surface area contributed by atoms with E-state index in [0.717, 1.165) is 33.3 Å². The Hall–Kier alpha value is -3.67. The zero-order chi connectivity index (χ0) is 21.3. The highest BCUT2D eigenvalue weighted by molar-refractivity contribution is 5.91. The molecule has 0 atom stereocenters. The maximum Gasteiger partial charge on any atom is 0.263 e. The SMILES string of the molecule is Cc1cc(C)cc(OCC(=O)Nc2cc(C)nn2-c2cc(C)c3ccccc3n2)c1. The van der Waals surface area contributed by atoms with E-state index in [1.54, 1.807) is 4.68 Å². The molecule has 0 aliphatic heterocycles. The minimum atomic E-state index is -0.257. The number of pyridine rings is 1. The van der Waals surface area contributed by atoms with Crippen LogP contribution in [0.4, 0.5) is 5.82 Å². The summed E-state index contributed by atoms with van der Waals surface area (Å²) in [5.41, 5.74) is 4.96. The van der Waals surface area contributed by atoms with Gasteiger partial charge in [-0.3, -0.25) is 4.79 Å². The van der Waals surface area contributed by atoms with Crippen molar-refractivity contribution >= 4 is 22.6 Å². The normalized spacial score (nSPS) is 10.9. The third-order valence-electron chi connectivity index (χ3n) is 4.79. The fourth-order valence-corrected chi connectivity index (χ4v) is 3.55. The van der Waals surface area contributed by atoms with Crippen LogP contribution in [0.3, 0.4) is 0 Å². The fraction of sp³-hybridized carbons (Fsp3) is 0.208. The maximum absolute atomic E-state index is 12.5. The summed E-state index contributed by atoms with van der Waals surface area (Å²) < 4.78 is 7.33. The van der Waals surface area contributed by atoms with Crippen LogP contribution < -0.4 is 10.1 Å². The lowest BCUT2D eigenvalue weighted by Crippen LogP contribution is -2.22. The number of carbonyl (C=O) groups is 1. The van der Waals surface area contributed by atoms with Crippen molar-refractivity contribution in [2.75, 3.05) is 11.9 Å². The van der Waals surface area contributed by atoms with Gasteiger partial charge in [0.15, 0.2) is 12.4 Å². The van der Waals surface area contributed by atoms with Crippen molar-refractivity contribution in [3.8, 4) is 11.6 Å². The summed E-state index contributed by atoms with van der Waals surface area (Å²) in [7, 11) is 0. The van der Waals surface area contributed by atoms with E-state index >= 15 is 0 Å². The minimum absolute atomic E-state index is 0.0860. The highest BCUT2D eigenvalue weighted by Gasteiger charge is 2.14. The topological polar surface area (TPSA) is 69.0 Å². The number of nitrogens with one attached hydrogen (secondary N) is 1. The van der Waals surface area contributed by atoms with E-state index in [1.165, 1.54) is 0 Å². The number of nitrogens with zero attached hydrogens (tertiary/aromatic N) is 3. The van der Waals surface area contributed by atoms with Crippen LogP contribution in [0, 0.1) is 27.7 Å². The molecule has 4 aromatic rings. The van der Waals surface area contributed by atoms with E-state index in [9.17, 15) is 4.79 Å². The van der Waals surface area contributed by atoms with Gasteiger partial charge in [-0.15, -0.1) is 0 Å². The van der Waals surface area contributed by atoms with E-state index < -0.39 is 0 Å². The molecule has 0 spiro atoms. The molecule has 0 aliphatic rings. The first-order valence-electron chi connectivity index (χ1n) is 9.83. The van der Waals surface area contributed by atoms with E-state index in [-0.39, 0.29) is 12.5 Å². The number of ether oxygens (including phenoxy) is 1. The molecule has 0 radical (unpaired) electrons. The van der Waals surface area contributed by atoms with Gasteiger partial charge in [0.1, 0.15) is 11.6 Å². The third-order valence-corrected chi connectivity index (χ3v) is 4.79. The van der Waals surface area contributed by atoms with Crippen LogP contribution in [0.1, 0.15) is 22.4 Å². The first kappa shape index (κ1) is 19.6. The summed E-state index contributed by atoms with van der Waals surface area (Å²) in [6.07, 6.45) is 0. The molecule has 0 unspecified atom stereocenters. The summed E-state index contributed by atoms with van der Waals surface area (Å²) in [4.78, 5) is 17.2. The average molecular weight is 400 g/mol. The minimum Gasteiger partial charge on any atom is -0.484 e. The van der Waals surface area contributed by atoms with Gasteiger partial charge in [0.25, 0.3) is 5.91 Å². The van der Waals surface area contributed by atoms with Crippen LogP contribution >= 0.6 is 0 Å². The van der Waals surface area contributed by atoms with Crippen molar-refractivity contribution in [3.63, 3.8) is 0 Å². The number of benzene rings is 2. The van der Waals surface area contributed by atoms with Gasteiger partial charge in [-0.05, 0) is 68.7 Å². The van der Waals surface area contributed by atoms with Crippen molar-refractivity contribution in [2.45, 2.75) is 27.7 Å². The zero-order valence-electron chi connectivity index (χ0n) is 17.6. The van der Waals surface area contributed by atoms with E-state index in [4.69, 9.17) is 9.72 Å². The van der Waals surface area contributed by atoms with Crippen molar-refractivity contribution in [1.82, 2.24) is 14.8 Å². The molecular formula is C24H24N4O2. The van der Waals surface area contributed by atoms with Gasteiger partial charge in [0.2, 0.25) is 0 Å². The van der Waals surface area contributed by atoms with E-state index in [0.29, 0.717) is 17.4 Å². The van der Waals surface area contributed by atoms with Gasteiger partial charge in [-0.25, -0.2) is 4.98 Å². The van der Waals surface area contributed by atoms with Crippen LogP contribution in [-0.2, 0) is 4.79 Å². The monoisotopic (exact) mass is 400 g/mol. The van der Waals surface area contributed by atoms with Crippen LogP contribution in [0.15, 0.2) is 54.6 Å². The Morgan fingerprint density at radius 3 is 2.50 bits per heavy atom. The highest BCUT2D eigenvalue weighted by Crippen LogP contribution is 2.22. The van der Waals surface area contributed by atoms with E-state index in [1.807, 2.05) is 76.2 Å². The van der Waals surface area contributed by atoms with Crippen LogP contribution in [0.25, 0.3) is 16.7 Å². The predicted octanol–water partition coefficient (Wildman–Crippen LogP) is 4.67. The maximum atomic E-state index is 12.5. The second kappa shape index (κ2) is 7.99. The summed E-state index contributed by atoms with van der Waals surface area (Å²) >= 11 is 0. The second-order valence-corrected chi connectivity index (χ2v) is 7.56. The molecule has 1 N–H and O–H groups in total. The number of hydrogen-bond acceptors (Lipinski definition) is 4. The van der Waals surface area contributed by atoms with Gasteiger partial charge in [-0.1, -0.05) is 24.3 Å². The van der Waals surface area contributed by atoms with Crippen molar-refractivity contribution in [2.24, 2.45) is 0 Å². The number of para-hydroxylation sites is 1. The Morgan fingerprint density at radius 2 is 1.73 bits per heavy atom. The third kappa shape index (κ3) is 4.17. The molecular weight excluding hydrogens is 376 g/mol. The van der Waals surface area contributed by atoms with E-state index in [2.05, 4.69) is 16.5 Å². The molecule has 0 saturated carbocycles. The number of aryl methyl sites for hydroxylation is 4. The molecule has 30 heavy (non-hydrogen) atoms. The Kier molecular flexibility index (Phi) is 5.23. The number of amides is 1. The molecule has 2 aromatic carbocycles. The molecule has 2 aromatic heterocycles. The van der Waals surface area contributed by atoms with Crippen LogP contribution in [-0.4, -0.2) is 27.3 Å². The van der Waals surface area contributed by atoms with Gasteiger partial charge in [-0.2, -0.15) is 9.78 Å². The molecule has 4 rings (SSSR count). The van der Waals surface area contributed by atoms with Crippen molar-refractivity contribution in [1.29, 1.82) is 0 Å². The molecule has 0 bridgehead atoms. The van der Waals surface area contributed by atoms with Crippen molar-refractivity contribution in [3.05, 3.63) is 77.0 Å². The summed E-state index contributed by atoms with van der Waals surface area (Å²) in [6, 6.07) is 17.6. The Labute approximate surface area is 175 Å². The summed E-state index contributed by atoms with van der Waals surface area (Å²) in [5.74, 6) is 1.64. The highest BCUT2D eigenvalue weighted by atomic mass is 16.5. The number of carbonyl (C=O) groups excluding carboxylic acids is 1. The lowest BCUT2D eigenvalue weighted by atomic mass is 10.1. The van der Waals surface area contributed by atoms with Crippen LogP contribution in [0.5, 0.6) is 5.75 Å². The first-order valence-corrected chi connectivity index (χ1v) is 9.83. The number of fused-ring (bicyclic) bond motifs is 1. The standard InChI is InChI=1S/C24H24N4O2/c1-15-9-16(2)11-19(10-15)30-14-24(29)26-23-13-18(4)27-28(23)22-12-17(3)20-7-5-6-8-21(20)25-22/h5-13H,14H2,1-4H3,(H,26,29). The molecule has 0 saturated heterocycles. The molecule has 0 fully saturated rings. The summed E-state index contributed by atoms with van der Waals surface area (Å²) in [5, 5.41) is 8.51. The Balaban J connectivity index is 1.55. The number of anilines is 1. The number of aromatic nitrogens is 3. The Morgan fingerprint density at radius 1 is 1.00 bits per heavy atom. The fourth-order valence-electron chi connectivity index (χ4n) is 3.55. The first-order chi connectivity index (χ1) is 14.4. The molecule has 152 valence electrons. The molecule has 2 heterocycles. The zero-order valence-corrected chi connectivity index (χ0v) is 17.6. The molecule has 0 aliphatic carbocycles. The lowest BCUT2D eigenvalue weighted by molar-refractivity contribution is -0.118. The molecule has 6 nitrogen and oxygen atoms in total. The lowest BCUT2D eigenvalue weighted by Gasteiger charge is -2.11. The van der Waals surface area contributed by atoms with Gasteiger partial charge in [0, 0.05) is 11.5 Å². The number of hydrogen-bond donors (Lipinski definition) is 1. The predicted molar refractivity (Wildman–Crippen MR) is 118 cm³/mol. The molecule has 1 amide bonds. The number of rotatable bonds is 5. The largest absolute Gasteiger partial charge is 0.484 e. The Bertz CT molecular complexity index is 1220. The second-order valence-electron chi connectivity index (χ2n) is 7.56. The van der Waals surface area contributed by atoms with Crippen LogP contribution in [0.2, 0.25) is 0 Å². The van der Waals surface area contributed by atoms with Gasteiger partial charge in [0.05, 0.1) is 11.2 Å². The van der Waals surface area contributed by atoms with Crippen molar-refractivity contribution < 1.29 is 9.53 Å². The smallest absolute Gasteiger partial charge is 0.263 e. The van der Waals surface area contributed by atoms with Gasteiger partial charge < -0.3 is 10.1 Å². The average Bonchev–Trinajstić information content (AvgIpc) is 3.06. The van der Waals surface area contributed by atoms with Gasteiger partial charge >= 0.3 is 0 Å². The molecule has 6 heteroatoms. The quantitative estimate of drug-likeness (QED) is 0.528. The summed E-state index contributed by atoms with van der Waals surface area (Å²) in [6.45, 7) is 7.84.